The summed E-state index contributed by atoms with van der Waals surface area (Å²) in [5.74, 6) is -0.433. The standard InChI is InChI=1S/C24H25N5O2S/c1-3-11-28-12-13-29(24(31)22-17(2)26-27-32-22)16-20(23(28)30)14-18-7-4-5-9-21(18)19-8-6-10-25-15-19/h3-10,15,20H,1,11-14,16H2,2H3/t20-/m1/s1. The summed E-state index contributed by atoms with van der Waals surface area (Å²) in [6.45, 7) is 7.33. The summed E-state index contributed by atoms with van der Waals surface area (Å²) < 4.78 is 3.90. The summed E-state index contributed by atoms with van der Waals surface area (Å²) in [5.41, 5.74) is 3.74. The molecule has 4 rings (SSSR count). The smallest absolute Gasteiger partial charge is 0.267 e. The Hall–Kier alpha value is -3.39. The Kier molecular flexibility index (Phi) is 6.70. The predicted molar refractivity (Wildman–Crippen MR) is 124 cm³/mol. The Morgan fingerprint density at radius 3 is 2.81 bits per heavy atom. The Morgan fingerprint density at radius 2 is 2.09 bits per heavy atom. The molecular weight excluding hydrogens is 422 g/mol. The second-order valence-electron chi connectivity index (χ2n) is 7.81. The van der Waals surface area contributed by atoms with Crippen molar-refractivity contribution in [2.45, 2.75) is 13.3 Å². The highest BCUT2D eigenvalue weighted by Crippen LogP contribution is 2.27. The van der Waals surface area contributed by atoms with Gasteiger partial charge in [-0.05, 0) is 42.1 Å². The third-order valence-electron chi connectivity index (χ3n) is 5.68. The van der Waals surface area contributed by atoms with Gasteiger partial charge in [0.1, 0.15) is 4.88 Å². The van der Waals surface area contributed by atoms with E-state index in [2.05, 4.69) is 21.1 Å². The van der Waals surface area contributed by atoms with E-state index in [9.17, 15) is 9.59 Å². The molecule has 0 saturated carbocycles. The zero-order valence-electron chi connectivity index (χ0n) is 18.0. The summed E-state index contributed by atoms with van der Waals surface area (Å²) in [7, 11) is 0. The lowest BCUT2D eigenvalue weighted by Crippen LogP contribution is -2.38. The number of amides is 2. The lowest BCUT2D eigenvalue weighted by molar-refractivity contribution is -0.134. The van der Waals surface area contributed by atoms with Crippen LogP contribution in [0.1, 0.15) is 20.9 Å². The molecule has 0 aliphatic carbocycles. The number of nitrogens with zero attached hydrogens (tertiary/aromatic N) is 5. The van der Waals surface area contributed by atoms with E-state index in [0.29, 0.717) is 43.2 Å². The molecule has 32 heavy (non-hydrogen) atoms. The quantitative estimate of drug-likeness (QED) is 0.542. The van der Waals surface area contributed by atoms with Gasteiger partial charge >= 0.3 is 0 Å². The van der Waals surface area contributed by atoms with E-state index in [1.165, 1.54) is 0 Å². The van der Waals surface area contributed by atoms with Gasteiger partial charge in [0.2, 0.25) is 5.91 Å². The van der Waals surface area contributed by atoms with Crippen molar-refractivity contribution in [1.82, 2.24) is 24.4 Å². The summed E-state index contributed by atoms with van der Waals surface area (Å²) in [6, 6.07) is 12.0. The van der Waals surface area contributed by atoms with E-state index < -0.39 is 0 Å². The number of aryl methyl sites for hydroxylation is 1. The van der Waals surface area contributed by atoms with Gasteiger partial charge in [0.25, 0.3) is 5.91 Å². The van der Waals surface area contributed by atoms with E-state index in [4.69, 9.17) is 0 Å². The number of hydrogen-bond acceptors (Lipinski definition) is 6. The average Bonchev–Trinajstić information content (AvgIpc) is 3.19. The number of benzene rings is 1. The van der Waals surface area contributed by atoms with Crippen LogP contribution in [-0.2, 0) is 11.2 Å². The molecule has 0 spiro atoms. The molecule has 164 valence electrons. The van der Waals surface area contributed by atoms with Crippen molar-refractivity contribution in [3.8, 4) is 11.1 Å². The Morgan fingerprint density at radius 1 is 1.25 bits per heavy atom. The zero-order valence-corrected chi connectivity index (χ0v) is 18.8. The molecule has 0 unspecified atom stereocenters. The minimum atomic E-state index is -0.361. The minimum absolute atomic E-state index is 0.0420. The molecule has 8 heteroatoms. The monoisotopic (exact) mass is 447 g/mol. The fraction of sp³-hybridized carbons (Fsp3) is 0.292. The van der Waals surface area contributed by atoms with E-state index in [1.54, 1.807) is 29.0 Å². The van der Waals surface area contributed by atoms with Crippen molar-refractivity contribution in [3.63, 3.8) is 0 Å². The summed E-state index contributed by atoms with van der Waals surface area (Å²) >= 11 is 1.10. The van der Waals surface area contributed by atoms with Gasteiger partial charge in [-0.25, -0.2) is 0 Å². The maximum absolute atomic E-state index is 13.4. The largest absolute Gasteiger partial charge is 0.337 e. The van der Waals surface area contributed by atoms with Crippen LogP contribution in [0.15, 0.2) is 61.4 Å². The number of hydrogen-bond donors (Lipinski definition) is 0. The maximum Gasteiger partial charge on any atom is 0.267 e. The van der Waals surface area contributed by atoms with E-state index in [1.807, 2.05) is 42.6 Å². The number of carbonyl (C=O) groups is 2. The van der Waals surface area contributed by atoms with Crippen molar-refractivity contribution in [2.75, 3.05) is 26.2 Å². The van der Waals surface area contributed by atoms with Crippen LogP contribution in [-0.4, -0.2) is 62.4 Å². The number of pyridine rings is 1. The molecule has 1 aromatic carbocycles. The molecule has 0 bridgehead atoms. The highest BCUT2D eigenvalue weighted by atomic mass is 32.1. The van der Waals surface area contributed by atoms with Gasteiger partial charge in [0.15, 0.2) is 0 Å². The molecule has 3 aromatic rings. The van der Waals surface area contributed by atoms with Crippen molar-refractivity contribution in [3.05, 3.63) is 77.6 Å². The summed E-state index contributed by atoms with van der Waals surface area (Å²) in [6.07, 6.45) is 5.83. The first-order valence-electron chi connectivity index (χ1n) is 10.5. The minimum Gasteiger partial charge on any atom is -0.337 e. The fourth-order valence-electron chi connectivity index (χ4n) is 4.06. The molecule has 0 N–H and O–H groups in total. The van der Waals surface area contributed by atoms with Crippen LogP contribution < -0.4 is 0 Å². The normalized spacial score (nSPS) is 16.7. The first-order chi connectivity index (χ1) is 15.6. The highest BCUT2D eigenvalue weighted by Gasteiger charge is 2.33. The summed E-state index contributed by atoms with van der Waals surface area (Å²) in [5, 5.41) is 3.97. The summed E-state index contributed by atoms with van der Waals surface area (Å²) in [4.78, 5) is 34.9. The molecule has 1 saturated heterocycles. The second kappa shape index (κ2) is 9.82. The number of aromatic nitrogens is 3. The molecule has 2 aromatic heterocycles. The molecule has 3 heterocycles. The third kappa shape index (κ3) is 4.60. The molecule has 1 atom stereocenters. The molecule has 0 radical (unpaired) electrons. The van der Waals surface area contributed by atoms with Crippen molar-refractivity contribution in [1.29, 1.82) is 0 Å². The number of carbonyl (C=O) groups excluding carboxylic acids is 2. The van der Waals surface area contributed by atoms with E-state index >= 15 is 0 Å². The van der Waals surface area contributed by atoms with Crippen LogP contribution in [0.4, 0.5) is 0 Å². The highest BCUT2D eigenvalue weighted by molar-refractivity contribution is 7.07. The lowest BCUT2D eigenvalue weighted by atomic mass is 9.91. The molecular formula is C24H25N5O2S. The van der Waals surface area contributed by atoms with Crippen LogP contribution in [0.3, 0.4) is 0 Å². The van der Waals surface area contributed by atoms with Crippen molar-refractivity contribution >= 4 is 23.3 Å². The number of rotatable bonds is 6. The maximum atomic E-state index is 13.4. The predicted octanol–water partition coefficient (Wildman–Crippen LogP) is 3.24. The van der Waals surface area contributed by atoms with Crippen LogP contribution in [0.5, 0.6) is 0 Å². The van der Waals surface area contributed by atoms with Crippen LogP contribution in [0.2, 0.25) is 0 Å². The molecule has 1 fully saturated rings. The molecule has 2 amide bonds. The third-order valence-corrected chi connectivity index (χ3v) is 6.50. The average molecular weight is 448 g/mol. The van der Waals surface area contributed by atoms with Crippen LogP contribution in [0.25, 0.3) is 11.1 Å². The topological polar surface area (TPSA) is 79.3 Å². The van der Waals surface area contributed by atoms with Gasteiger partial charge in [0.05, 0.1) is 11.6 Å². The Labute approximate surface area is 191 Å². The SMILES string of the molecule is C=CCN1CCN(C(=O)c2snnc2C)C[C@@H](Cc2ccccc2-c2cccnc2)C1=O. The van der Waals surface area contributed by atoms with Crippen molar-refractivity contribution in [2.24, 2.45) is 5.92 Å². The van der Waals surface area contributed by atoms with Gasteiger partial charge in [-0.3, -0.25) is 14.6 Å². The first kappa shape index (κ1) is 21.8. The van der Waals surface area contributed by atoms with Crippen LogP contribution >= 0.6 is 11.5 Å². The molecule has 1 aliphatic heterocycles. The van der Waals surface area contributed by atoms with Crippen molar-refractivity contribution < 1.29 is 9.59 Å². The van der Waals surface area contributed by atoms with Crippen LogP contribution in [0, 0.1) is 12.8 Å². The fourth-order valence-corrected chi connectivity index (χ4v) is 4.68. The lowest BCUT2D eigenvalue weighted by Gasteiger charge is -2.24. The Balaban J connectivity index is 1.65. The molecule has 7 nitrogen and oxygen atoms in total. The van der Waals surface area contributed by atoms with Gasteiger partial charge in [-0.1, -0.05) is 40.9 Å². The molecule has 1 aliphatic rings. The first-order valence-corrected chi connectivity index (χ1v) is 11.3. The van der Waals surface area contributed by atoms with E-state index in [0.717, 1.165) is 28.2 Å². The van der Waals surface area contributed by atoms with Gasteiger partial charge in [-0.15, -0.1) is 11.7 Å². The van der Waals surface area contributed by atoms with Gasteiger partial charge in [-0.2, -0.15) is 0 Å². The zero-order chi connectivity index (χ0) is 22.5. The van der Waals surface area contributed by atoms with E-state index in [-0.39, 0.29) is 17.7 Å². The Bertz CT molecular complexity index is 1110. The van der Waals surface area contributed by atoms with Gasteiger partial charge < -0.3 is 9.80 Å². The van der Waals surface area contributed by atoms with Gasteiger partial charge in [0, 0.05) is 44.1 Å². The second-order valence-corrected chi connectivity index (χ2v) is 8.57.